The molecule has 7 nitrogen and oxygen atoms in total. The normalized spacial score (nSPS) is 14.6. The van der Waals surface area contributed by atoms with Gasteiger partial charge < -0.3 is 24.8 Å². The van der Waals surface area contributed by atoms with Crippen LogP contribution in [-0.2, 0) is 6.42 Å². The summed E-state index contributed by atoms with van der Waals surface area (Å²) in [5.74, 6) is 1.50. The van der Waals surface area contributed by atoms with Crippen molar-refractivity contribution in [3.05, 3.63) is 120 Å². The Kier molecular flexibility index (Phi) is 9.46. The zero-order valence-corrected chi connectivity index (χ0v) is 23.9. The molecule has 1 amide bonds. The highest BCUT2D eigenvalue weighted by molar-refractivity contribution is 7.80. The summed E-state index contributed by atoms with van der Waals surface area (Å²) in [6.07, 6.45) is 2.47. The molecular formula is C34H32N2O5S. The number of hydrogen-bond donors (Lipinski definition) is 2. The molecule has 1 aliphatic heterocycles. The minimum absolute atomic E-state index is 0.0794. The van der Waals surface area contributed by atoms with Crippen LogP contribution in [0.4, 0.5) is 5.69 Å². The molecule has 4 aromatic rings. The van der Waals surface area contributed by atoms with E-state index in [0.717, 1.165) is 36.3 Å². The third-order valence-corrected chi connectivity index (χ3v) is 7.34. The van der Waals surface area contributed by atoms with Crippen molar-refractivity contribution < 1.29 is 24.2 Å². The average molecular weight is 581 g/mol. The van der Waals surface area contributed by atoms with E-state index in [1.807, 2.05) is 83.8 Å². The van der Waals surface area contributed by atoms with Gasteiger partial charge in [-0.25, -0.2) is 4.79 Å². The first-order valence-corrected chi connectivity index (χ1v) is 14.3. The fourth-order valence-electron chi connectivity index (χ4n) is 4.94. The van der Waals surface area contributed by atoms with Crippen LogP contribution in [0.5, 0.6) is 17.2 Å². The number of carbonyl (C=O) groups is 2. The highest BCUT2D eigenvalue weighted by Crippen LogP contribution is 2.26. The Bertz CT molecular complexity index is 1520. The maximum atomic E-state index is 12.8. The number of nitrogens with one attached hydrogen (secondary N) is 1. The highest BCUT2D eigenvalue weighted by Gasteiger charge is 2.25. The summed E-state index contributed by atoms with van der Waals surface area (Å²) >= 11 is 5.45. The summed E-state index contributed by atoms with van der Waals surface area (Å²) in [6.45, 7) is 2.03. The van der Waals surface area contributed by atoms with Crippen LogP contribution in [0.3, 0.4) is 0 Å². The van der Waals surface area contributed by atoms with Crippen LogP contribution < -0.4 is 14.8 Å². The van der Waals surface area contributed by atoms with E-state index in [1.54, 1.807) is 24.3 Å². The van der Waals surface area contributed by atoms with Crippen LogP contribution in [0.25, 0.3) is 0 Å². The van der Waals surface area contributed by atoms with Crippen molar-refractivity contribution in [2.24, 2.45) is 5.92 Å². The van der Waals surface area contributed by atoms with Gasteiger partial charge in [0.05, 0.1) is 22.8 Å². The number of aromatic carboxylic acids is 1. The number of carboxylic acids is 1. The second-order valence-corrected chi connectivity index (χ2v) is 10.7. The fourth-order valence-corrected chi connectivity index (χ4v) is 5.21. The molecule has 1 aliphatic rings. The molecule has 0 bridgehead atoms. The molecule has 0 aromatic heterocycles. The number of thiocarbonyl (C=S) groups is 1. The third-order valence-electron chi connectivity index (χ3n) is 7.09. The second-order valence-electron chi connectivity index (χ2n) is 10.2. The molecule has 2 N–H and O–H groups in total. The molecular weight excluding hydrogens is 548 g/mol. The Morgan fingerprint density at radius 2 is 1.50 bits per heavy atom. The molecule has 1 atom stereocenters. The molecule has 5 rings (SSSR count). The Morgan fingerprint density at radius 1 is 0.857 bits per heavy atom. The van der Waals surface area contributed by atoms with Crippen LogP contribution in [0.2, 0.25) is 0 Å². The summed E-state index contributed by atoms with van der Waals surface area (Å²) in [7, 11) is 0. The lowest BCUT2D eigenvalue weighted by molar-refractivity contribution is 0.0632. The van der Waals surface area contributed by atoms with E-state index in [1.165, 1.54) is 0 Å². The number of amides is 1. The van der Waals surface area contributed by atoms with Crippen molar-refractivity contribution in [2.75, 3.05) is 25.0 Å². The Labute approximate surface area is 250 Å². The first-order chi connectivity index (χ1) is 20.4. The summed E-state index contributed by atoms with van der Waals surface area (Å²) in [4.78, 5) is 26.7. The number of likely N-dealkylation sites (tertiary alicyclic amines) is 1. The Morgan fingerprint density at radius 3 is 2.21 bits per heavy atom. The van der Waals surface area contributed by atoms with E-state index in [9.17, 15) is 14.7 Å². The molecule has 4 aromatic carbocycles. The lowest BCUT2D eigenvalue weighted by atomic mass is 9.98. The van der Waals surface area contributed by atoms with Gasteiger partial charge in [0.15, 0.2) is 0 Å². The van der Waals surface area contributed by atoms with Crippen LogP contribution in [0, 0.1) is 5.92 Å². The number of anilines is 1. The van der Waals surface area contributed by atoms with E-state index in [2.05, 4.69) is 5.32 Å². The van der Waals surface area contributed by atoms with Crippen LogP contribution in [-0.4, -0.2) is 46.6 Å². The first-order valence-electron chi connectivity index (χ1n) is 13.9. The number of para-hydroxylation sites is 1. The topological polar surface area (TPSA) is 88.1 Å². The second kappa shape index (κ2) is 13.8. The van der Waals surface area contributed by atoms with Gasteiger partial charge in [-0.1, -0.05) is 54.7 Å². The number of piperidine rings is 1. The molecule has 0 spiro atoms. The lowest BCUT2D eigenvalue weighted by Crippen LogP contribution is -2.41. The minimum Gasteiger partial charge on any atom is -0.493 e. The number of carbonyl (C=O) groups excluding carboxylic acids is 1. The van der Waals surface area contributed by atoms with Gasteiger partial charge in [0.2, 0.25) is 0 Å². The van der Waals surface area contributed by atoms with E-state index in [4.69, 9.17) is 21.7 Å². The molecule has 1 unspecified atom stereocenters. The largest absolute Gasteiger partial charge is 0.493 e. The number of rotatable bonds is 10. The number of carboxylic acid groups (broad SMARTS) is 1. The summed E-state index contributed by atoms with van der Waals surface area (Å²) in [6, 6.07) is 31.2. The maximum Gasteiger partial charge on any atom is 0.337 e. The van der Waals surface area contributed by atoms with Crippen LogP contribution in [0.15, 0.2) is 103 Å². The van der Waals surface area contributed by atoms with Gasteiger partial charge in [-0.05, 0) is 79.1 Å². The molecule has 0 radical (unpaired) electrons. The molecule has 1 heterocycles. The van der Waals surface area contributed by atoms with Gasteiger partial charge in [-0.15, -0.1) is 0 Å². The van der Waals surface area contributed by atoms with Crippen molar-refractivity contribution in [2.45, 2.75) is 19.3 Å². The Hall–Kier alpha value is -4.69. The number of nitrogens with zero attached hydrogens (tertiary/aromatic N) is 1. The van der Waals surface area contributed by atoms with Gasteiger partial charge >= 0.3 is 5.97 Å². The van der Waals surface area contributed by atoms with E-state index in [-0.39, 0.29) is 17.4 Å². The lowest BCUT2D eigenvalue weighted by Gasteiger charge is -2.32. The van der Waals surface area contributed by atoms with Gasteiger partial charge in [-0.2, -0.15) is 0 Å². The predicted molar refractivity (Wildman–Crippen MR) is 167 cm³/mol. The van der Waals surface area contributed by atoms with Crippen molar-refractivity contribution in [1.82, 2.24) is 4.90 Å². The van der Waals surface area contributed by atoms with E-state index >= 15 is 0 Å². The maximum absolute atomic E-state index is 12.8. The highest BCUT2D eigenvalue weighted by atomic mass is 32.1. The molecule has 8 heteroatoms. The number of ether oxygens (including phenoxy) is 2. The van der Waals surface area contributed by atoms with E-state index < -0.39 is 5.97 Å². The molecule has 214 valence electrons. The van der Waals surface area contributed by atoms with E-state index in [0.29, 0.717) is 41.7 Å². The fraction of sp³-hybridized carbons (Fsp3) is 0.206. The number of hydrogen-bond acceptors (Lipinski definition) is 5. The summed E-state index contributed by atoms with van der Waals surface area (Å²) in [5, 5.41) is 12.4. The zero-order valence-electron chi connectivity index (χ0n) is 23.1. The van der Waals surface area contributed by atoms with Gasteiger partial charge in [0, 0.05) is 31.0 Å². The molecule has 1 saturated heterocycles. The van der Waals surface area contributed by atoms with Crippen LogP contribution in [0.1, 0.15) is 39.1 Å². The van der Waals surface area contributed by atoms with Crippen molar-refractivity contribution in [1.29, 1.82) is 0 Å². The molecule has 0 aliphatic carbocycles. The predicted octanol–water partition coefficient (Wildman–Crippen LogP) is 7.09. The number of benzene rings is 4. The summed E-state index contributed by atoms with van der Waals surface area (Å²) < 4.78 is 12.1. The average Bonchev–Trinajstić information content (AvgIpc) is 3.02. The van der Waals surface area contributed by atoms with Gasteiger partial charge in [0.1, 0.15) is 17.2 Å². The molecule has 42 heavy (non-hydrogen) atoms. The van der Waals surface area contributed by atoms with Gasteiger partial charge in [-0.3, -0.25) is 4.79 Å². The van der Waals surface area contributed by atoms with Crippen molar-refractivity contribution in [3.8, 4) is 17.2 Å². The van der Waals surface area contributed by atoms with Crippen LogP contribution >= 0.6 is 12.2 Å². The molecule has 0 saturated carbocycles. The smallest absolute Gasteiger partial charge is 0.337 e. The van der Waals surface area contributed by atoms with Gasteiger partial charge in [0.25, 0.3) is 5.91 Å². The quantitative estimate of drug-likeness (QED) is 0.194. The minimum atomic E-state index is -1.00. The first kappa shape index (κ1) is 28.8. The zero-order chi connectivity index (χ0) is 29.3. The molecule has 1 fully saturated rings. The third kappa shape index (κ3) is 7.73. The summed E-state index contributed by atoms with van der Waals surface area (Å²) in [5.41, 5.74) is 2.35. The van der Waals surface area contributed by atoms with Crippen molar-refractivity contribution >= 4 is 34.8 Å². The van der Waals surface area contributed by atoms with Crippen molar-refractivity contribution in [3.63, 3.8) is 0 Å². The Balaban J connectivity index is 1.08. The SMILES string of the molecule is O=C(O)c1ccccc1NC(=S)Cc1ccc(Oc2ccc(OCC3CCCN(C(=O)c4ccccc4)C3)cc2)cc1. The monoisotopic (exact) mass is 580 g/mol. The standard InChI is InChI=1S/C34H32N2O5S/c37-33(26-8-2-1-3-9-26)36-20-6-7-25(22-36)23-40-27-16-18-29(19-17-27)41-28-14-12-24(13-15-28)21-32(42)35-31-11-5-4-10-30(31)34(38)39/h1-5,8-19,25H,6-7,20-23H2,(H,35,42)(H,38,39).